The van der Waals surface area contributed by atoms with Crippen LogP contribution >= 0.6 is 0 Å². The van der Waals surface area contributed by atoms with Gasteiger partial charge in [0.25, 0.3) is 5.91 Å². The minimum absolute atomic E-state index is 0.0236. The number of nitrogens with two attached hydrogens (primary N) is 1. The van der Waals surface area contributed by atoms with Gasteiger partial charge in [-0.3, -0.25) is 14.5 Å². The minimum atomic E-state index is -5.08. The third-order valence-corrected chi connectivity index (χ3v) is 8.48. The maximum Gasteiger partial charge on any atom is 0.490 e. The molecule has 2 aliphatic heterocycles. The van der Waals surface area contributed by atoms with E-state index in [-0.39, 0.29) is 18.8 Å². The Labute approximate surface area is 240 Å². The largest absolute Gasteiger partial charge is 0.490 e. The number of halogens is 5. The predicted molar refractivity (Wildman–Crippen MR) is 141 cm³/mol. The van der Waals surface area contributed by atoms with E-state index in [0.717, 1.165) is 31.2 Å². The Bertz CT molecular complexity index is 1080. The smallest absolute Gasteiger partial charge is 0.475 e. The van der Waals surface area contributed by atoms with E-state index in [2.05, 4.69) is 11.0 Å². The first kappa shape index (κ1) is 33.7. The number of carboxylic acid groups (broad SMARTS) is 1. The van der Waals surface area contributed by atoms with Crippen molar-refractivity contribution in [3.05, 3.63) is 35.4 Å². The standard InChI is InChI=1S/C26H37F2N3O4.C2HF3O2/c27-26(28)8-6-17(7-9-26)15-30(25(35)23(33)16-32)10-11-31-21-4-5-22(31)14-20(13-21)18-2-1-3-19(12-18)24(29)34;3-2(4,5)1(6)7/h1-3,12,17,20-23,32-33H,4-11,13-16H2,(H2,29,34);(H,6,7)/t20?,21-,22+,23-;/m1./s1. The fourth-order valence-electron chi connectivity index (χ4n) is 6.27. The van der Waals surface area contributed by atoms with Gasteiger partial charge in [-0.15, -0.1) is 0 Å². The molecule has 14 heteroatoms. The molecule has 5 N–H and O–H groups in total. The number of alkyl halides is 5. The molecule has 0 radical (unpaired) electrons. The van der Waals surface area contributed by atoms with Gasteiger partial charge in [0, 0.05) is 50.1 Å². The number of carbonyl (C=O) groups excluding carboxylic acids is 2. The second-order valence-corrected chi connectivity index (χ2v) is 11.4. The van der Waals surface area contributed by atoms with Crippen molar-refractivity contribution in [2.75, 3.05) is 26.2 Å². The molecule has 3 aliphatic rings. The minimum Gasteiger partial charge on any atom is -0.475 e. The first-order chi connectivity index (χ1) is 19.6. The Kier molecular flexibility index (Phi) is 11.3. The van der Waals surface area contributed by atoms with Crippen LogP contribution in [0.1, 0.15) is 73.2 Å². The number of piperidine rings is 1. The van der Waals surface area contributed by atoms with Crippen LogP contribution in [0.25, 0.3) is 0 Å². The maximum atomic E-state index is 13.6. The molecule has 42 heavy (non-hydrogen) atoms. The highest BCUT2D eigenvalue weighted by atomic mass is 19.4. The average molecular weight is 608 g/mol. The monoisotopic (exact) mass is 607 g/mol. The molecule has 2 saturated heterocycles. The summed E-state index contributed by atoms with van der Waals surface area (Å²) in [5.41, 5.74) is 7.11. The number of primary amides is 1. The number of carboxylic acids is 1. The third-order valence-electron chi connectivity index (χ3n) is 8.48. The number of carbonyl (C=O) groups is 3. The normalized spacial score (nSPS) is 24.8. The van der Waals surface area contributed by atoms with Gasteiger partial charge in [-0.05, 0) is 68.1 Å². The Morgan fingerprint density at radius 2 is 1.64 bits per heavy atom. The van der Waals surface area contributed by atoms with Gasteiger partial charge in [-0.1, -0.05) is 12.1 Å². The molecule has 4 rings (SSSR count). The van der Waals surface area contributed by atoms with E-state index in [9.17, 15) is 41.8 Å². The van der Waals surface area contributed by atoms with E-state index in [1.165, 1.54) is 0 Å². The molecule has 2 heterocycles. The highest BCUT2D eigenvalue weighted by molar-refractivity contribution is 5.92. The maximum absolute atomic E-state index is 13.6. The number of aliphatic hydroxyl groups excluding tert-OH is 2. The Hall–Kier alpha value is -2.84. The molecule has 3 fully saturated rings. The van der Waals surface area contributed by atoms with E-state index in [1.54, 1.807) is 11.0 Å². The molecular formula is C28H38F5N3O6. The van der Waals surface area contributed by atoms with Crippen LogP contribution in [0.3, 0.4) is 0 Å². The SMILES string of the molecule is NC(=O)c1cccc(C2C[C@H]3CC[C@@H](C2)N3CCN(CC2CCC(F)(F)CC2)C(=O)[C@H](O)CO)c1.O=C(O)C(F)(F)F. The summed E-state index contributed by atoms with van der Waals surface area (Å²) in [6, 6.07) is 8.28. The summed E-state index contributed by atoms with van der Waals surface area (Å²) in [6.07, 6.45) is -2.13. The summed E-state index contributed by atoms with van der Waals surface area (Å²) in [7, 11) is 0. The van der Waals surface area contributed by atoms with E-state index >= 15 is 0 Å². The topological polar surface area (TPSA) is 144 Å². The lowest BCUT2D eigenvalue weighted by Crippen LogP contribution is -2.50. The summed E-state index contributed by atoms with van der Waals surface area (Å²) >= 11 is 0. The summed E-state index contributed by atoms with van der Waals surface area (Å²) in [4.78, 5) is 37.3. The molecular weight excluding hydrogens is 569 g/mol. The van der Waals surface area contributed by atoms with Crippen LogP contribution < -0.4 is 5.73 Å². The number of fused-ring (bicyclic) bond motifs is 2. The molecule has 1 aromatic carbocycles. The lowest BCUT2D eigenvalue weighted by molar-refractivity contribution is -0.192. The van der Waals surface area contributed by atoms with Gasteiger partial charge < -0.3 is 26.0 Å². The molecule has 236 valence electrons. The zero-order chi connectivity index (χ0) is 31.2. The van der Waals surface area contributed by atoms with Crippen LogP contribution in [-0.2, 0) is 9.59 Å². The van der Waals surface area contributed by atoms with Gasteiger partial charge in [0.2, 0.25) is 11.8 Å². The number of benzene rings is 1. The van der Waals surface area contributed by atoms with Gasteiger partial charge in [-0.25, -0.2) is 13.6 Å². The molecule has 0 aromatic heterocycles. The fraction of sp³-hybridized carbons (Fsp3) is 0.679. The van der Waals surface area contributed by atoms with Crippen molar-refractivity contribution in [2.24, 2.45) is 11.7 Å². The van der Waals surface area contributed by atoms with Crippen molar-refractivity contribution in [1.82, 2.24) is 9.80 Å². The number of amides is 2. The lowest BCUT2D eigenvalue weighted by Gasteiger charge is -2.41. The van der Waals surface area contributed by atoms with Crippen LogP contribution in [0.5, 0.6) is 0 Å². The van der Waals surface area contributed by atoms with Crippen LogP contribution in [0.2, 0.25) is 0 Å². The van der Waals surface area contributed by atoms with Gasteiger partial charge in [0.05, 0.1) is 6.61 Å². The molecule has 2 bridgehead atoms. The fourth-order valence-corrected chi connectivity index (χ4v) is 6.27. The Morgan fingerprint density at radius 3 is 2.14 bits per heavy atom. The first-order valence-corrected chi connectivity index (χ1v) is 14.0. The number of aliphatic carboxylic acids is 1. The van der Waals surface area contributed by atoms with Crippen LogP contribution in [0, 0.1) is 5.92 Å². The quantitative estimate of drug-likeness (QED) is 0.316. The number of aliphatic hydroxyl groups is 2. The Balaban J connectivity index is 0.000000616. The second-order valence-electron chi connectivity index (χ2n) is 11.4. The highest BCUT2D eigenvalue weighted by Crippen LogP contribution is 2.43. The third kappa shape index (κ3) is 9.08. The number of hydrogen-bond donors (Lipinski definition) is 4. The molecule has 1 saturated carbocycles. The van der Waals surface area contributed by atoms with Gasteiger partial charge in [0.1, 0.15) is 0 Å². The lowest BCUT2D eigenvalue weighted by atomic mass is 9.84. The number of rotatable bonds is 9. The summed E-state index contributed by atoms with van der Waals surface area (Å²) < 4.78 is 58.9. The number of nitrogens with zero attached hydrogens (tertiary/aromatic N) is 2. The van der Waals surface area contributed by atoms with Crippen molar-refractivity contribution in [3.63, 3.8) is 0 Å². The van der Waals surface area contributed by atoms with Gasteiger partial charge in [0.15, 0.2) is 6.10 Å². The first-order valence-electron chi connectivity index (χ1n) is 14.0. The molecule has 1 unspecified atom stereocenters. The van der Waals surface area contributed by atoms with Gasteiger partial charge in [-0.2, -0.15) is 13.2 Å². The van der Waals surface area contributed by atoms with Crippen LogP contribution in [0.4, 0.5) is 22.0 Å². The molecule has 2 amide bonds. The predicted octanol–water partition coefficient (Wildman–Crippen LogP) is 3.14. The van der Waals surface area contributed by atoms with Crippen molar-refractivity contribution in [3.8, 4) is 0 Å². The van der Waals surface area contributed by atoms with Gasteiger partial charge >= 0.3 is 12.1 Å². The van der Waals surface area contributed by atoms with Crippen LogP contribution in [-0.4, -0.2) is 99.4 Å². The average Bonchev–Trinajstić information content (AvgIpc) is 3.16. The van der Waals surface area contributed by atoms with Crippen molar-refractivity contribution < 1.29 is 51.7 Å². The van der Waals surface area contributed by atoms with E-state index in [0.29, 0.717) is 56.0 Å². The van der Waals surface area contributed by atoms with E-state index in [1.807, 2.05) is 12.1 Å². The summed E-state index contributed by atoms with van der Waals surface area (Å²) in [6.45, 7) is 0.727. The summed E-state index contributed by atoms with van der Waals surface area (Å²) in [5, 5.41) is 26.4. The molecule has 1 aromatic rings. The van der Waals surface area contributed by atoms with Crippen molar-refractivity contribution >= 4 is 17.8 Å². The second kappa shape index (κ2) is 14.1. The molecule has 4 atom stereocenters. The van der Waals surface area contributed by atoms with E-state index < -0.39 is 42.6 Å². The van der Waals surface area contributed by atoms with Crippen molar-refractivity contribution in [2.45, 2.75) is 87.6 Å². The molecule has 0 spiro atoms. The number of hydrogen-bond acceptors (Lipinski definition) is 6. The molecule has 9 nitrogen and oxygen atoms in total. The van der Waals surface area contributed by atoms with Crippen molar-refractivity contribution in [1.29, 1.82) is 0 Å². The summed E-state index contributed by atoms with van der Waals surface area (Å²) in [5.74, 6) is -6.02. The zero-order valence-corrected chi connectivity index (χ0v) is 23.1. The highest BCUT2D eigenvalue weighted by Gasteiger charge is 2.42. The van der Waals surface area contributed by atoms with E-state index in [4.69, 9.17) is 15.6 Å². The molecule has 1 aliphatic carbocycles. The van der Waals surface area contributed by atoms with Crippen LogP contribution in [0.15, 0.2) is 24.3 Å². The zero-order valence-electron chi connectivity index (χ0n) is 23.1. The Morgan fingerprint density at radius 1 is 1.07 bits per heavy atom.